The van der Waals surface area contributed by atoms with Gasteiger partial charge >= 0.3 is 0 Å². The van der Waals surface area contributed by atoms with E-state index in [4.69, 9.17) is 4.74 Å². The second kappa shape index (κ2) is 10.3. The van der Waals surface area contributed by atoms with Crippen LogP contribution >= 0.6 is 0 Å². The van der Waals surface area contributed by atoms with E-state index in [1.807, 2.05) is 24.3 Å². The van der Waals surface area contributed by atoms with Crippen LogP contribution in [0.2, 0.25) is 0 Å². The number of carbonyl (C=O) groups is 2. The Morgan fingerprint density at radius 1 is 1.07 bits per heavy atom. The summed E-state index contributed by atoms with van der Waals surface area (Å²) in [4.78, 5) is 25.5. The van der Waals surface area contributed by atoms with Gasteiger partial charge in [-0.05, 0) is 41.8 Å². The lowest BCUT2D eigenvalue weighted by Gasteiger charge is -2.21. The summed E-state index contributed by atoms with van der Waals surface area (Å²) < 4.78 is 18.4. The molecular weight excluding hydrogens is 347 g/mol. The topological polar surface area (TPSA) is 58.6 Å². The van der Waals surface area contributed by atoms with Crippen molar-refractivity contribution >= 4 is 11.8 Å². The monoisotopic (exact) mass is 372 g/mol. The molecule has 0 aliphatic rings. The lowest BCUT2D eigenvalue weighted by Crippen LogP contribution is -2.39. The van der Waals surface area contributed by atoms with Gasteiger partial charge < -0.3 is 15.0 Å². The number of rotatable bonds is 9. The van der Waals surface area contributed by atoms with Crippen LogP contribution in [0.25, 0.3) is 0 Å². The average Bonchev–Trinajstić information content (AvgIpc) is 2.64. The predicted molar refractivity (Wildman–Crippen MR) is 102 cm³/mol. The van der Waals surface area contributed by atoms with E-state index < -0.39 is 0 Å². The van der Waals surface area contributed by atoms with E-state index in [9.17, 15) is 14.0 Å². The quantitative estimate of drug-likeness (QED) is 0.736. The van der Waals surface area contributed by atoms with Crippen molar-refractivity contribution in [3.63, 3.8) is 0 Å². The molecular formula is C21H25FN2O3. The Balaban J connectivity index is 1.78. The first-order valence-corrected chi connectivity index (χ1v) is 8.87. The maximum absolute atomic E-state index is 13.2. The molecule has 1 N–H and O–H groups in total. The van der Waals surface area contributed by atoms with Gasteiger partial charge in [0.15, 0.2) is 0 Å². The fourth-order valence-corrected chi connectivity index (χ4v) is 2.74. The van der Waals surface area contributed by atoms with E-state index in [2.05, 4.69) is 5.32 Å². The van der Waals surface area contributed by atoms with Gasteiger partial charge in [-0.3, -0.25) is 9.59 Å². The highest BCUT2D eigenvalue weighted by atomic mass is 19.1. The minimum absolute atomic E-state index is 0.0442. The minimum atomic E-state index is -0.361. The van der Waals surface area contributed by atoms with Crippen LogP contribution in [0, 0.1) is 5.82 Å². The van der Waals surface area contributed by atoms with E-state index in [-0.39, 0.29) is 24.1 Å². The number of ether oxygens (including phenoxy) is 1. The molecule has 6 heteroatoms. The molecule has 27 heavy (non-hydrogen) atoms. The molecule has 0 aliphatic carbocycles. The van der Waals surface area contributed by atoms with Crippen molar-refractivity contribution in [2.45, 2.75) is 19.8 Å². The van der Waals surface area contributed by atoms with Crippen molar-refractivity contribution in [1.29, 1.82) is 0 Å². The van der Waals surface area contributed by atoms with Crippen molar-refractivity contribution in [1.82, 2.24) is 10.2 Å². The highest BCUT2D eigenvalue weighted by Gasteiger charge is 2.10. The van der Waals surface area contributed by atoms with Crippen molar-refractivity contribution in [3.8, 4) is 5.75 Å². The third-order valence-electron chi connectivity index (χ3n) is 4.21. The molecule has 0 fully saturated rings. The summed E-state index contributed by atoms with van der Waals surface area (Å²) in [6.07, 6.45) is 0.815. The number of nitrogens with one attached hydrogen (secondary N) is 1. The maximum atomic E-state index is 13.2. The predicted octanol–water partition coefficient (Wildman–Crippen LogP) is 2.58. The van der Waals surface area contributed by atoms with Gasteiger partial charge in [0.25, 0.3) is 0 Å². The zero-order chi connectivity index (χ0) is 19.6. The van der Waals surface area contributed by atoms with E-state index in [0.29, 0.717) is 31.6 Å². The molecule has 2 amide bonds. The number of amides is 2. The van der Waals surface area contributed by atoms with Gasteiger partial charge in [0.05, 0.1) is 13.5 Å². The summed E-state index contributed by atoms with van der Waals surface area (Å²) >= 11 is 0. The van der Waals surface area contributed by atoms with Crippen LogP contribution in [0.5, 0.6) is 5.75 Å². The van der Waals surface area contributed by atoms with Gasteiger partial charge in [-0.1, -0.05) is 24.3 Å². The molecule has 0 aliphatic heterocycles. The van der Waals surface area contributed by atoms with Gasteiger partial charge in [0, 0.05) is 26.6 Å². The highest BCUT2D eigenvalue weighted by molar-refractivity contribution is 5.78. The summed E-state index contributed by atoms with van der Waals surface area (Å²) in [5, 5.41) is 2.78. The summed E-state index contributed by atoms with van der Waals surface area (Å²) in [6.45, 7) is 2.85. The Labute approximate surface area is 159 Å². The number of hydrogen-bond acceptors (Lipinski definition) is 3. The molecule has 0 radical (unpaired) electrons. The number of methoxy groups -OCH3 is 1. The molecule has 0 aromatic heterocycles. The third kappa shape index (κ3) is 7.09. The summed E-state index contributed by atoms with van der Waals surface area (Å²) in [7, 11) is 1.62. The van der Waals surface area contributed by atoms with Gasteiger partial charge in [-0.25, -0.2) is 4.39 Å². The lowest BCUT2D eigenvalue weighted by molar-refractivity contribution is -0.129. The summed E-state index contributed by atoms with van der Waals surface area (Å²) in [5.41, 5.74) is 1.70. The lowest BCUT2D eigenvalue weighted by atomic mass is 10.1. The van der Waals surface area contributed by atoms with Gasteiger partial charge in [-0.15, -0.1) is 0 Å². The molecule has 144 valence electrons. The van der Waals surface area contributed by atoms with Crippen molar-refractivity contribution in [2.75, 3.05) is 26.7 Å². The minimum Gasteiger partial charge on any atom is -0.497 e. The fourth-order valence-electron chi connectivity index (χ4n) is 2.74. The van der Waals surface area contributed by atoms with E-state index in [0.717, 1.165) is 11.3 Å². The van der Waals surface area contributed by atoms with Crippen LogP contribution in [0.3, 0.4) is 0 Å². The van der Waals surface area contributed by atoms with Crippen LogP contribution in [-0.2, 0) is 22.4 Å². The molecule has 2 aromatic carbocycles. The molecule has 0 atom stereocenters. The maximum Gasteiger partial charge on any atom is 0.224 e. The fraction of sp³-hybridized carbons (Fsp3) is 0.333. The number of carbonyl (C=O) groups excluding carboxylic acids is 2. The van der Waals surface area contributed by atoms with E-state index >= 15 is 0 Å². The Kier molecular flexibility index (Phi) is 7.79. The molecule has 0 saturated carbocycles. The molecule has 0 bridgehead atoms. The number of nitrogens with zero attached hydrogens (tertiary/aromatic N) is 1. The van der Waals surface area contributed by atoms with E-state index in [1.165, 1.54) is 19.1 Å². The molecule has 0 unspecified atom stereocenters. The molecule has 2 rings (SSSR count). The van der Waals surface area contributed by atoms with Gasteiger partial charge in [0.1, 0.15) is 11.6 Å². The Morgan fingerprint density at radius 3 is 2.52 bits per heavy atom. The molecule has 5 nitrogen and oxygen atoms in total. The summed E-state index contributed by atoms with van der Waals surface area (Å²) in [6, 6.07) is 13.7. The van der Waals surface area contributed by atoms with Crippen molar-refractivity contribution < 1.29 is 18.7 Å². The van der Waals surface area contributed by atoms with E-state index in [1.54, 1.807) is 24.1 Å². The average molecular weight is 372 g/mol. The van der Waals surface area contributed by atoms with Crippen LogP contribution in [0.15, 0.2) is 48.5 Å². The Hall–Kier alpha value is -2.89. The number of halogens is 1. The SMILES string of the molecule is COc1cccc(CCN(CCNC(=O)Cc2cccc(F)c2)C(C)=O)c1. The largest absolute Gasteiger partial charge is 0.497 e. The zero-order valence-electron chi connectivity index (χ0n) is 15.7. The first kappa shape index (κ1) is 20.4. The highest BCUT2D eigenvalue weighted by Crippen LogP contribution is 2.13. The third-order valence-corrected chi connectivity index (χ3v) is 4.21. The van der Waals surface area contributed by atoms with Crippen molar-refractivity contribution in [2.24, 2.45) is 0 Å². The van der Waals surface area contributed by atoms with Crippen LogP contribution < -0.4 is 10.1 Å². The van der Waals surface area contributed by atoms with Crippen molar-refractivity contribution in [3.05, 3.63) is 65.5 Å². The molecule has 0 heterocycles. The number of benzene rings is 2. The Morgan fingerprint density at radius 2 is 1.81 bits per heavy atom. The van der Waals surface area contributed by atoms with Crippen LogP contribution in [-0.4, -0.2) is 43.5 Å². The van der Waals surface area contributed by atoms with Crippen LogP contribution in [0.4, 0.5) is 4.39 Å². The van der Waals surface area contributed by atoms with Crippen LogP contribution in [0.1, 0.15) is 18.1 Å². The first-order valence-electron chi connectivity index (χ1n) is 8.87. The smallest absolute Gasteiger partial charge is 0.224 e. The first-order chi connectivity index (χ1) is 13.0. The molecule has 0 saturated heterocycles. The van der Waals surface area contributed by atoms with Gasteiger partial charge in [0.2, 0.25) is 11.8 Å². The second-order valence-electron chi connectivity index (χ2n) is 6.26. The van der Waals surface area contributed by atoms with Gasteiger partial charge in [-0.2, -0.15) is 0 Å². The standard InChI is InChI=1S/C21H25FN2O3/c1-16(25)24(11-9-17-5-4-8-20(14-17)27-2)12-10-23-21(26)15-18-6-3-7-19(22)13-18/h3-8,13-14H,9-12,15H2,1-2H3,(H,23,26). The molecule has 0 spiro atoms. The molecule has 2 aromatic rings. The zero-order valence-corrected chi connectivity index (χ0v) is 15.7. The summed E-state index contributed by atoms with van der Waals surface area (Å²) in [5.74, 6) is 0.182. The normalized spacial score (nSPS) is 10.3. The Bertz CT molecular complexity index is 780. The number of hydrogen-bond donors (Lipinski definition) is 1. The second-order valence-corrected chi connectivity index (χ2v) is 6.26.